The molecule has 0 spiro atoms. The molecule has 0 atom stereocenters. The molecule has 2 aliphatic rings. The van der Waals surface area contributed by atoms with Crippen molar-refractivity contribution in [2.24, 2.45) is 0 Å². The maximum atomic E-state index is 12.9. The van der Waals surface area contributed by atoms with E-state index in [0.717, 1.165) is 19.3 Å². The standard InChI is InChI=1S/C18H27N3O3S/c1-19(2)18(22)8-9-20-10-12-21(13-11-20)25(23,24)17-7-6-15-4-3-5-16(15)14-17/h6-7,14H,3-5,8-13H2,1-2H3. The van der Waals surface area contributed by atoms with E-state index in [1.807, 2.05) is 12.1 Å². The molecule has 0 saturated carbocycles. The fourth-order valence-electron chi connectivity index (χ4n) is 3.53. The van der Waals surface area contributed by atoms with Gasteiger partial charge in [-0.1, -0.05) is 6.07 Å². The van der Waals surface area contributed by atoms with E-state index in [1.54, 1.807) is 29.4 Å². The van der Waals surface area contributed by atoms with Gasteiger partial charge < -0.3 is 9.80 Å². The Morgan fingerprint density at radius 2 is 1.76 bits per heavy atom. The second kappa shape index (κ2) is 7.43. The summed E-state index contributed by atoms with van der Waals surface area (Å²) in [4.78, 5) is 15.9. The van der Waals surface area contributed by atoms with Gasteiger partial charge in [-0.05, 0) is 42.5 Å². The molecule has 0 aromatic heterocycles. The highest BCUT2D eigenvalue weighted by atomic mass is 32.2. The average molecular weight is 365 g/mol. The Morgan fingerprint density at radius 3 is 2.44 bits per heavy atom. The van der Waals surface area contributed by atoms with Crippen molar-refractivity contribution in [3.63, 3.8) is 0 Å². The molecule has 1 aliphatic carbocycles. The lowest BCUT2D eigenvalue weighted by Gasteiger charge is -2.34. The molecule has 0 radical (unpaired) electrons. The molecule has 1 aliphatic heterocycles. The van der Waals surface area contributed by atoms with Gasteiger partial charge in [0.05, 0.1) is 4.90 Å². The van der Waals surface area contributed by atoms with Crippen LogP contribution in [0.15, 0.2) is 23.1 Å². The van der Waals surface area contributed by atoms with Gasteiger partial charge in [-0.25, -0.2) is 8.42 Å². The van der Waals surface area contributed by atoms with Gasteiger partial charge in [0.25, 0.3) is 0 Å². The summed E-state index contributed by atoms with van der Waals surface area (Å²) < 4.78 is 27.4. The fourth-order valence-corrected chi connectivity index (χ4v) is 5.00. The van der Waals surface area contributed by atoms with Crippen LogP contribution in [0.4, 0.5) is 0 Å². The van der Waals surface area contributed by atoms with Gasteiger partial charge in [0.1, 0.15) is 0 Å². The number of nitrogens with zero attached hydrogens (tertiary/aromatic N) is 3. The van der Waals surface area contributed by atoms with Crippen LogP contribution < -0.4 is 0 Å². The zero-order valence-corrected chi connectivity index (χ0v) is 15.9. The maximum Gasteiger partial charge on any atom is 0.243 e. The van der Waals surface area contributed by atoms with Gasteiger partial charge in [0.15, 0.2) is 0 Å². The normalized spacial score (nSPS) is 19.0. The van der Waals surface area contributed by atoms with E-state index < -0.39 is 10.0 Å². The number of rotatable bonds is 5. The van der Waals surface area contributed by atoms with Gasteiger partial charge in [-0.2, -0.15) is 4.31 Å². The summed E-state index contributed by atoms with van der Waals surface area (Å²) in [5.74, 6) is 0.105. The summed E-state index contributed by atoms with van der Waals surface area (Å²) in [6.07, 6.45) is 3.63. The molecule has 6 nitrogen and oxygen atoms in total. The van der Waals surface area contributed by atoms with Crippen LogP contribution in [0, 0.1) is 0 Å². The second-order valence-electron chi connectivity index (χ2n) is 7.07. The third-order valence-electron chi connectivity index (χ3n) is 5.18. The van der Waals surface area contributed by atoms with E-state index >= 15 is 0 Å². The summed E-state index contributed by atoms with van der Waals surface area (Å²) in [5.41, 5.74) is 2.47. The minimum atomic E-state index is -3.42. The lowest BCUT2D eigenvalue weighted by Crippen LogP contribution is -2.49. The first-order valence-electron chi connectivity index (χ1n) is 8.92. The van der Waals surface area contributed by atoms with Crippen LogP contribution in [0.25, 0.3) is 0 Å². The van der Waals surface area contributed by atoms with Crippen molar-refractivity contribution in [3.8, 4) is 0 Å². The number of piperazine rings is 1. The van der Waals surface area contributed by atoms with Gasteiger partial charge in [0, 0.05) is 53.2 Å². The molecule has 0 unspecified atom stereocenters. The molecular weight excluding hydrogens is 338 g/mol. The summed E-state index contributed by atoms with van der Waals surface area (Å²) in [7, 11) is 0.0866. The molecule has 1 aromatic rings. The predicted octanol–water partition coefficient (Wildman–Crippen LogP) is 0.960. The van der Waals surface area contributed by atoms with E-state index in [1.165, 1.54) is 11.1 Å². The van der Waals surface area contributed by atoms with E-state index in [-0.39, 0.29) is 5.91 Å². The van der Waals surface area contributed by atoms with Crippen LogP contribution in [0.3, 0.4) is 0 Å². The number of sulfonamides is 1. The lowest BCUT2D eigenvalue weighted by atomic mass is 10.1. The predicted molar refractivity (Wildman–Crippen MR) is 97.0 cm³/mol. The number of hydrogen-bond acceptors (Lipinski definition) is 4. The van der Waals surface area contributed by atoms with Crippen molar-refractivity contribution in [2.75, 3.05) is 46.8 Å². The molecule has 1 saturated heterocycles. The van der Waals surface area contributed by atoms with Crippen LogP contribution in [0.5, 0.6) is 0 Å². The van der Waals surface area contributed by atoms with E-state index in [0.29, 0.717) is 44.0 Å². The van der Waals surface area contributed by atoms with Crippen molar-refractivity contribution in [3.05, 3.63) is 29.3 Å². The quantitative estimate of drug-likeness (QED) is 0.780. The molecule has 1 heterocycles. The smallest absolute Gasteiger partial charge is 0.243 e. The molecule has 3 rings (SSSR count). The number of benzene rings is 1. The average Bonchev–Trinajstić information content (AvgIpc) is 3.07. The van der Waals surface area contributed by atoms with Gasteiger partial charge >= 0.3 is 0 Å². The number of amides is 1. The highest BCUT2D eigenvalue weighted by Gasteiger charge is 2.29. The van der Waals surface area contributed by atoms with Crippen molar-refractivity contribution < 1.29 is 13.2 Å². The minimum Gasteiger partial charge on any atom is -0.349 e. The first kappa shape index (κ1) is 18.4. The third-order valence-corrected chi connectivity index (χ3v) is 7.07. The summed E-state index contributed by atoms with van der Waals surface area (Å²) in [6, 6.07) is 5.58. The molecule has 7 heteroatoms. The minimum absolute atomic E-state index is 0.105. The van der Waals surface area contributed by atoms with E-state index in [2.05, 4.69) is 4.90 Å². The molecule has 1 amide bonds. The highest BCUT2D eigenvalue weighted by Crippen LogP contribution is 2.26. The van der Waals surface area contributed by atoms with Gasteiger partial charge in [-0.3, -0.25) is 4.79 Å². The molecule has 25 heavy (non-hydrogen) atoms. The van der Waals surface area contributed by atoms with Crippen molar-refractivity contribution in [1.82, 2.24) is 14.1 Å². The zero-order chi connectivity index (χ0) is 18.0. The first-order valence-corrected chi connectivity index (χ1v) is 10.4. The number of carbonyl (C=O) groups excluding carboxylic acids is 1. The maximum absolute atomic E-state index is 12.9. The molecule has 1 fully saturated rings. The number of carbonyl (C=O) groups is 1. The molecule has 1 aromatic carbocycles. The molecule has 0 bridgehead atoms. The number of aryl methyl sites for hydroxylation is 2. The second-order valence-corrected chi connectivity index (χ2v) is 9.01. The Labute approximate surface area is 150 Å². The largest absolute Gasteiger partial charge is 0.349 e. The van der Waals surface area contributed by atoms with E-state index in [9.17, 15) is 13.2 Å². The van der Waals surface area contributed by atoms with Gasteiger partial charge in [-0.15, -0.1) is 0 Å². The van der Waals surface area contributed by atoms with E-state index in [4.69, 9.17) is 0 Å². The molecule has 138 valence electrons. The van der Waals surface area contributed by atoms with Crippen molar-refractivity contribution >= 4 is 15.9 Å². The Bertz CT molecular complexity index is 738. The van der Waals surface area contributed by atoms with Gasteiger partial charge in [0.2, 0.25) is 15.9 Å². The van der Waals surface area contributed by atoms with Crippen LogP contribution in [0.2, 0.25) is 0 Å². The topological polar surface area (TPSA) is 60.9 Å². The van der Waals surface area contributed by atoms with Crippen LogP contribution in [-0.2, 0) is 27.7 Å². The lowest BCUT2D eigenvalue weighted by molar-refractivity contribution is -0.129. The Morgan fingerprint density at radius 1 is 1.08 bits per heavy atom. The van der Waals surface area contributed by atoms with Crippen molar-refractivity contribution in [2.45, 2.75) is 30.6 Å². The monoisotopic (exact) mass is 365 g/mol. The fraction of sp³-hybridized carbons (Fsp3) is 0.611. The zero-order valence-electron chi connectivity index (χ0n) is 15.1. The first-order chi connectivity index (χ1) is 11.9. The Kier molecular flexibility index (Phi) is 5.46. The number of fused-ring (bicyclic) bond motifs is 1. The Hall–Kier alpha value is -1.44. The molecular formula is C18H27N3O3S. The van der Waals surface area contributed by atoms with Crippen molar-refractivity contribution in [1.29, 1.82) is 0 Å². The molecule has 0 N–H and O–H groups in total. The highest BCUT2D eigenvalue weighted by molar-refractivity contribution is 7.89. The SMILES string of the molecule is CN(C)C(=O)CCN1CCN(S(=O)(=O)c2ccc3c(c2)CCC3)CC1. The third kappa shape index (κ3) is 4.04. The Balaban J connectivity index is 1.59. The van der Waals surface area contributed by atoms with Crippen LogP contribution >= 0.6 is 0 Å². The summed E-state index contributed by atoms with van der Waals surface area (Å²) in [5, 5.41) is 0. The summed E-state index contributed by atoms with van der Waals surface area (Å²) >= 11 is 0. The number of hydrogen-bond donors (Lipinski definition) is 0. The van der Waals surface area contributed by atoms with Crippen LogP contribution in [0.1, 0.15) is 24.0 Å². The van der Waals surface area contributed by atoms with Crippen LogP contribution in [-0.4, -0.2) is 75.2 Å². The summed E-state index contributed by atoms with van der Waals surface area (Å²) in [6.45, 7) is 2.99.